The van der Waals surface area contributed by atoms with Gasteiger partial charge in [0.25, 0.3) is 5.91 Å². The van der Waals surface area contributed by atoms with Crippen LogP contribution in [0.4, 0.5) is 0 Å². The Hall–Kier alpha value is -1.29. The van der Waals surface area contributed by atoms with Crippen molar-refractivity contribution in [2.45, 2.75) is 6.42 Å². The number of nitrogens with zero attached hydrogens (tertiary/aromatic N) is 1. The van der Waals surface area contributed by atoms with Crippen molar-refractivity contribution in [3.05, 3.63) is 23.7 Å². The number of rotatable bonds is 4. The van der Waals surface area contributed by atoms with Crippen LogP contribution < -0.4 is 5.32 Å². The molecule has 1 aromatic heterocycles. The minimum Gasteiger partial charge on any atom is -0.456 e. The van der Waals surface area contributed by atoms with Crippen LogP contribution in [0.3, 0.4) is 0 Å². The summed E-state index contributed by atoms with van der Waals surface area (Å²) in [5, 5.41) is 3.02. The Labute approximate surface area is 83.9 Å². The van der Waals surface area contributed by atoms with E-state index in [4.69, 9.17) is 4.42 Å². The van der Waals surface area contributed by atoms with E-state index in [0.717, 1.165) is 18.7 Å². The summed E-state index contributed by atoms with van der Waals surface area (Å²) in [6.45, 7) is 0.850. The van der Waals surface area contributed by atoms with Gasteiger partial charge in [-0.3, -0.25) is 4.79 Å². The van der Waals surface area contributed by atoms with Gasteiger partial charge in [0.1, 0.15) is 5.76 Å². The Kier molecular flexibility index (Phi) is 3.71. The summed E-state index contributed by atoms with van der Waals surface area (Å²) in [4.78, 5) is 12.9. The normalized spacial score (nSPS) is 10.2. The maximum atomic E-state index is 11.4. The third-order valence-corrected chi connectivity index (χ3v) is 1.90. The van der Waals surface area contributed by atoms with Crippen LogP contribution in [-0.2, 0) is 6.42 Å². The monoisotopic (exact) mass is 196 g/mol. The molecular formula is C10H16N2O2. The van der Waals surface area contributed by atoms with Crippen LogP contribution in [0.25, 0.3) is 0 Å². The third kappa shape index (κ3) is 2.60. The van der Waals surface area contributed by atoms with Crippen molar-refractivity contribution in [1.82, 2.24) is 10.2 Å². The number of hydrogen-bond acceptors (Lipinski definition) is 3. The van der Waals surface area contributed by atoms with E-state index in [1.54, 1.807) is 20.2 Å². The second-order valence-corrected chi connectivity index (χ2v) is 3.32. The molecule has 1 aromatic rings. The Balaban J connectivity index is 2.63. The molecule has 1 rings (SSSR count). The Morgan fingerprint density at radius 3 is 2.79 bits per heavy atom. The topological polar surface area (TPSA) is 45.5 Å². The fourth-order valence-corrected chi connectivity index (χ4v) is 1.10. The van der Waals surface area contributed by atoms with Gasteiger partial charge < -0.3 is 14.6 Å². The number of likely N-dealkylation sites (N-methyl/N-ethyl adjacent to an activating group) is 1. The van der Waals surface area contributed by atoms with Gasteiger partial charge >= 0.3 is 0 Å². The van der Waals surface area contributed by atoms with Gasteiger partial charge in [-0.2, -0.15) is 0 Å². The highest BCUT2D eigenvalue weighted by Crippen LogP contribution is 2.09. The van der Waals surface area contributed by atoms with Crippen LogP contribution in [0.15, 0.2) is 16.5 Å². The van der Waals surface area contributed by atoms with Crippen molar-refractivity contribution in [3.8, 4) is 0 Å². The molecule has 0 fully saturated rings. The summed E-state index contributed by atoms with van der Waals surface area (Å²) in [6.07, 6.45) is 0.803. The molecule has 0 atom stereocenters. The molecule has 0 spiro atoms. The van der Waals surface area contributed by atoms with E-state index < -0.39 is 0 Å². The number of carbonyl (C=O) groups is 1. The van der Waals surface area contributed by atoms with E-state index in [2.05, 4.69) is 5.32 Å². The van der Waals surface area contributed by atoms with Gasteiger partial charge in [-0.15, -0.1) is 0 Å². The van der Waals surface area contributed by atoms with E-state index in [0.29, 0.717) is 5.76 Å². The minimum absolute atomic E-state index is 0.0966. The first-order valence-corrected chi connectivity index (χ1v) is 4.60. The third-order valence-electron chi connectivity index (χ3n) is 1.90. The van der Waals surface area contributed by atoms with Crippen LogP contribution in [0, 0.1) is 0 Å². The summed E-state index contributed by atoms with van der Waals surface area (Å²) in [7, 11) is 5.30. The molecule has 0 aromatic carbocycles. The smallest absolute Gasteiger partial charge is 0.289 e. The molecule has 1 N–H and O–H groups in total. The predicted octanol–water partition coefficient (Wildman–Crippen LogP) is 0.743. The largest absolute Gasteiger partial charge is 0.456 e. The molecule has 1 heterocycles. The van der Waals surface area contributed by atoms with E-state index in [1.165, 1.54) is 4.90 Å². The van der Waals surface area contributed by atoms with E-state index in [9.17, 15) is 4.79 Å². The van der Waals surface area contributed by atoms with Gasteiger partial charge in [0.2, 0.25) is 0 Å². The van der Waals surface area contributed by atoms with Crippen molar-refractivity contribution in [3.63, 3.8) is 0 Å². The lowest BCUT2D eigenvalue weighted by molar-refractivity contribution is 0.0795. The van der Waals surface area contributed by atoms with Crippen LogP contribution in [0.5, 0.6) is 0 Å². The van der Waals surface area contributed by atoms with E-state index in [-0.39, 0.29) is 5.91 Å². The fraction of sp³-hybridized carbons (Fsp3) is 0.500. The quantitative estimate of drug-likeness (QED) is 0.772. The van der Waals surface area contributed by atoms with Gasteiger partial charge in [-0.25, -0.2) is 0 Å². The molecule has 0 saturated heterocycles. The average molecular weight is 196 g/mol. The molecule has 14 heavy (non-hydrogen) atoms. The summed E-state index contributed by atoms with van der Waals surface area (Å²) < 4.78 is 5.38. The first-order valence-electron chi connectivity index (χ1n) is 4.60. The Bertz CT molecular complexity index is 305. The Morgan fingerprint density at radius 2 is 2.21 bits per heavy atom. The van der Waals surface area contributed by atoms with Gasteiger partial charge in [0, 0.05) is 27.1 Å². The van der Waals surface area contributed by atoms with Gasteiger partial charge in [0.15, 0.2) is 5.76 Å². The standard InChI is InChI=1S/C10H16N2O2/c1-11-7-6-8-4-5-9(14-8)10(13)12(2)3/h4-5,11H,6-7H2,1-3H3. The van der Waals surface area contributed by atoms with Crippen molar-refractivity contribution < 1.29 is 9.21 Å². The van der Waals surface area contributed by atoms with Crippen molar-refractivity contribution in [2.75, 3.05) is 27.7 Å². The molecule has 4 heteroatoms. The molecule has 0 aliphatic heterocycles. The lowest BCUT2D eigenvalue weighted by Crippen LogP contribution is -2.20. The number of carbonyl (C=O) groups excluding carboxylic acids is 1. The molecule has 0 unspecified atom stereocenters. The summed E-state index contributed by atoms with van der Waals surface area (Å²) in [6, 6.07) is 3.56. The maximum absolute atomic E-state index is 11.4. The lowest BCUT2D eigenvalue weighted by Gasteiger charge is -2.06. The zero-order chi connectivity index (χ0) is 10.6. The molecule has 0 bridgehead atoms. The predicted molar refractivity (Wildman–Crippen MR) is 54.4 cm³/mol. The molecule has 0 saturated carbocycles. The average Bonchev–Trinajstić information content (AvgIpc) is 2.61. The lowest BCUT2D eigenvalue weighted by atomic mass is 10.3. The molecular weight excluding hydrogens is 180 g/mol. The zero-order valence-corrected chi connectivity index (χ0v) is 8.83. The van der Waals surface area contributed by atoms with Gasteiger partial charge in [-0.1, -0.05) is 0 Å². The van der Waals surface area contributed by atoms with Crippen LogP contribution in [0.2, 0.25) is 0 Å². The molecule has 1 amide bonds. The van der Waals surface area contributed by atoms with E-state index in [1.807, 2.05) is 13.1 Å². The van der Waals surface area contributed by atoms with Crippen LogP contribution in [0.1, 0.15) is 16.3 Å². The number of hydrogen-bond donors (Lipinski definition) is 1. The SMILES string of the molecule is CNCCc1ccc(C(=O)N(C)C)o1. The molecule has 0 radical (unpaired) electrons. The summed E-state index contributed by atoms with van der Waals surface area (Å²) >= 11 is 0. The Morgan fingerprint density at radius 1 is 1.50 bits per heavy atom. The highest BCUT2D eigenvalue weighted by Gasteiger charge is 2.12. The van der Waals surface area contributed by atoms with Crippen molar-refractivity contribution in [2.24, 2.45) is 0 Å². The first-order chi connectivity index (χ1) is 6.65. The highest BCUT2D eigenvalue weighted by molar-refractivity contribution is 5.91. The fourth-order valence-electron chi connectivity index (χ4n) is 1.10. The molecule has 78 valence electrons. The second kappa shape index (κ2) is 4.81. The van der Waals surface area contributed by atoms with Crippen LogP contribution in [-0.4, -0.2) is 38.5 Å². The first kappa shape index (κ1) is 10.8. The van der Waals surface area contributed by atoms with Gasteiger partial charge in [-0.05, 0) is 19.2 Å². The molecule has 0 aliphatic carbocycles. The zero-order valence-electron chi connectivity index (χ0n) is 8.83. The minimum atomic E-state index is -0.0966. The van der Waals surface area contributed by atoms with E-state index >= 15 is 0 Å². The number of amides is 1. The highest BCUT2D eigenvalue weighted by atomic mass is 16.4. The second-order valence-electron chi connectivity index (χ2n) is 3.32. The number of nitrogens with one attached hydrogen (secondary N) is 1. The summed E-state index contributed by atoms with van der Waals surface area (Å²) in [5.74, 6) is 1.14. The van der Waals surface area contributed by atoms with Crippen molar-refractivity contribution in [1.29, 1.82) is 0 Å². The van der Waals surface area contributed by atoms with Crippen LogP contribution >= 0.6 is 0 Å². The van der Waals surface area contributed by atoms with Crippen molar-refractivity contribution >= 4 is 5.91 Å². The molecule has 4 nitrogen and oxygen atoms in total. The number of furan rings is 1. The van der Waals surface area contributed by atoms with Gasteiger partial charge in [0.05, 0.1) is 0 Å². The summed E-state index contributed by atoms with van der Waals surface area (Å²) in [5.41, 5.74) is 0. The molecule has 0 aliphatic rings. The maximum Gasteiger partial charge on any atom is 0.289 e.